The Kier molecular flexibility index (Phi) is 12.1. The third-order valence-corrected chi connectivity index (χ3v) is 9.40. The molecule has 8 nitrogen and oxygen atoms in total. The Hall–Kier alpha value is -3.23. The molecule has 49 heavy (non-hydrogen) atoms. The molecule has 1 amide bonds. The number of hydrogen-bond donors (Lipinski definition) is 3. The highest BCUT2D eigenvalue weighted by molar-refractivity contribution is 6.34. The molecule has 268 valence electrons. The SMILES string of the molecule is CC(CCC(C(=O)Nc1ccc(Cl)c(OCNc2ccc(-c3nc4c(Cl)c(C(C)(C)C)[nH]n4n3)cc2)c1)C(C)CC(C)(C)C)CC(C)(C)C. The lowest BCUT2D eigenvalue weighted by Crippen LogP contribution is -2.31. The summed E-state index contributed by atoms with van der Waals surface area (Å²) in [6.07, 6.45) is 3.99. The molecule has 10 heteroatoms. The lowest BCUT2D eigenvalue weighted by atomic mass is 9.76. The average Bonchev–Trinajstić information content (AvgIpc) is 3.52. The summed E-state index contributed by atoms with van der Waals surface area (Å²) in [7, 11) is 0. The maximum atomic E-state index is 13.8. The summed E-state index contributed by atoms with van der Waals surface area (Å²) in [6, 6.07) is 13.2. The summed E-state index contributed by atoms with van der Waals surface area (Å²) in [5.74, 6) is 1.83. The topological polar surface area (TPSA) is 96.3 Å². The molecule has 0 bridgehead atoms. The fourth-order valence-corrected chi connectivity index (χ4v) is 7.29. The molecule has 0 saturated carbocycles. The Morgan fingerprint density at radius 1 is 0.898 bits per heavy atom. The number of nitrogens with one attached hydrogen (secondary N) is 3. The molecule has 4 rings (SSSR count). The Bertz CT molecular complexity index is 1710. The molecule has 0 spiro atoms. The normalized spacial score (nSPS) is 14.5. The summed E-state index contributed by atoms with van der Waals surface area (Å²) in [6.45, 7) is 24.5. The minimum atomic E-state index is -0.146. The molecule has 3 N–H and O–H groups in total. The molecular formula is C39H56Cl2N6O2. The Morgan fingerprint density at radius 2 is 1.53 bits per heavy atom. The second-order valence-electron chi connectivity index (χ2n) is 17.2. The number of aromatic nitrogens is 4. The number of anilines is 2. The van der Waals surface area contributed by atoms with Gasteiger partial charge in [0.1, 0.15) is 10.8 Å². The number of amides is 1. The van der Waals surface area contributed by atoms with Crippen molar-refractivity contribution in [2.45, 2.75) is 107 Å². The average molecular weight is 712 g/mol. The number of carbonyl (C=O) groups excluding carboxylic acids is 1. The molecule has 3 atom stereocenters. The van der Waals surface area contributed by atoms with E-state index in [0.717, 1.165) is 42.6 Å². The molecule has 2 aromatic carbocycles. The van der Waals surface area contributed by atoms with Crippen LogP contribution in [-0.4, -0.2) is 32.4 Å². The van der Waals surface area contributed by atoms with E-state index in [1.54, 1.807) is 16.8 Å². The Morgan fingerprint density at radius 3 is 2.12 bits per heavy atom. The third kappa shape index (κ3) is 10.9. The zero-order chi connectivity index (χ0) is 36.3. The summed E-state index contributed by atoms with van der Waals surface area (Å²) in [4.78, 5) is 18.4. The number of nitrogens with zero attached hydrogens (tertiary/aromatic N) is 3. The van der Waals surface area contributed by atoms with E-state index in [1.807, 2.05) is 30.3 Å². The van der Waals surface area contributed by atoms with Gasteiger partial charge in [-0.05, 0) is 84.7 Å². The largest absolute Gasteiger partial charge is 0.472 e. The number of hydrogen-bond acceptors (Lipinski definition) is 5. The van der Waals surface area contributed by atoms with Crippen molar-refractivity contribution in [1.82, 2.24) is 19.8 Å². The number of H-pyrrole nitrogens is 1. The monoisotopic (exact) mass is 710 g/mol. The highest BCUT2D eigenvalue weighted by Gasteiger charge is 2.30. The first-order valence-electron chi connectivity index (χ1n) is 17.4. The van der Waals surface area contributed by atoms with Crippen LogP contribution in [0.3, 0.4) is 0 Å². The smallest absolute Gasteiger partial charge is 0.227 e. The van der Waals surface area contributed by atoms with E-state index in [-0.39, 0.29) is 40.7 Å². The van der Waals surface area contributed by atoms with Gasteiger partial charge in [-0.1, -0.05) is 99.4 Å². The van der Waals surface area contributed by atoms with Crippen LogP contribution in [0.25, 0.3) is 17.0 Å². The molecule has 0 saturated heterocycles. The highest BCUT2D eigenvalue weighted by Crippen LogP contribution is 2.36. The molecule has 2 aromatic heterocycles. The maximum Gasteiger partial charge on any atom is 0.227 e. The van der Waals surface area contributed by atoms with Crippen LogP contribution in [0.1, 0.15) is 108 Å². The second-order valence-corrected chi connectivity index (χ2v) is 18.0. The van der Waals surface area contributed by atoms with Crippen LogP contribution in [-0.2, 0) is 10.2 Å². The van der Waals surface area contributed by atoms with Gasteiger partial charge in [0.15, 0.2) is 18.2 Å². The van der Waals surface area contributed by atoms with Crippen LogP contribution >= 0.6 is 23.2 Å². The van der Waals surface area contributed by atoms with Gasteiger partial charge in [0, 0.05) is 34.3 Å². The zero-order valence-electron chi connectivity index (χ0n) is 31.2. The van der Waals surface area contributed by atoms with Crippen molar-refractivity contribution in [2.75, 3.05) is 17.4 Å². The molecule has 0 radical (unpaired) electrons. The Labute approximate surface area is 303 Å². The molecular weight excluding hydrogens is 655 g/mol. The van der Waals surface area contributed by atoms with E-state index in [2.05, 4.69) is 102 Å². The molecule has 4 aromatic rings. The van der Waals surface area contributed by atoms with Crippen molar-refractivity contribution >= 4 is 46.1 Å². The van der Waals surface area contributed by atoms with Crippen molar-refractivity contribution in [1.29, 1.82) is 0 Å². The number of benzene rings is 2. The quantitative estimate of drug-likeness (QED) is 0.120. The third-order valence-electron chi connectivity index (χ3n) is 8.73. The molecule has 0 aliphatic carbocycles. The predicted octanol–water partition coefficient (Wildman–Crippen LogP) is 11.3. The lowest BCUT2D eigenvalue weighted by Gasteiger charge is -2.30. The van der Waals surface area contributed by atoms with Crippen molar-refractivity contribution in [3.63, 3.8) is 0 Å². The molecule has 0 aliphatic rings. The van der Waals surface area contributed by atoms with Gasteiger partial charge in [-0.2, -0.15) is 4.63 Å². The van der Waals surface area contributed by atoms with Crippen molar-refractivity contribution in [2.24, 2.45) is 28.6 Å². The number of aromatic amines is 1. The van der Waals surface area contributed by atoms with Crippen LogP contribution < -0.4 is 15.4 Å². The van der Waals surface area contributed by atoms with E-state index in [1.165, 1.54) is 0 Å². The first-order chi connectivity index (χ1) is 22.7. The predicted molar refractivity (Wildman–Crippen MR) is 205 cm³/mol. The van der Waals surface area contributed by atoms with Gasteiger partial charge in [-0.25, -0.2) is 4.98 Å². The summed E-state index contributed by atoms with van der Waals surface area (Å²) in [5, 5.41) is 15.3. The van der Waals surface area contributed by atoms with Crippen molar-refractivity contribution in [3.8, 4) is 17.1 Å². The summed E-state index contributed by atoms with van der Waals surface area (Å²) < 4.78 is 7.64. The maximum absolute atomic E-state index is 13.8. The van der Waals surface area contributed by atoms with Crippen molar-refractivity contribution in [3.05, 3.63) is 58.2 Å². The van der Waals surface area contributed by atoms with Crippen LogP contribution in [0.2, 0.25) is 10.0 Å². The number of rotatable bonds is 13. The molecule has 2 heterocycles. The first kappa shape index (κ1) is 38.6. The van der Waals surface area contributed by atoms with Crippen LogP contribution in [0.15, 0.2) is 42.5 Å². The van der Waals surface area contributed by atoms with Gasteiger partial charge < -0.3 is 15.4 Å². The van der Waals surface area contributed by atoms with E-state index in [0.29, 0.717) is 38.9 Å². The Balaban J connectivity index is 1.37. The standard InChI is InChI=1S/C39H56Cl2N6O2/c1-24(21-37(3,4)5)12-18-29(25(2)22-38(6,7)8)36(48)43-28-17-19-30(40)31(20-28)49-23-42-27-15-13-26(14-16-27)34-44-35-32(41)33(39(9,10)11)45-47(35)46-34/h13-17,19-20,24-25,29,42,45H,12,18,21-23H2,1-11H3,(H,43,48). The fourth-order valence-electron chi connectivity index (χ4n) is 6.67. The van der Waals surface area contributed by atoms with Crippen LogP contribution in [0.4, 0.5) is 11.4 Å². The summed E-state index contributed by atoms with van der Waals surface area (Å²) in [5.41, 5.74) is 4.16. The molecule has 3 unspecified atom stereocenters. The van der Waals surface area contributed by atoms with Gasteiger partial charge in [0.25, 0.3) is 0 Å². The second kappa shape index (κ2) is 15.3. The van der Waals surface area contributed by atoms with E-state index >= 15 is 0 Å². The van der Waals surface area contributed by atoms with Gasteiger partial charge in [0.2, 0.25) is 5.91 Å². The van der Waals surface area contributed by atoms with Gasteiger partial charge in [-0.3, -0.25) is 9.89 Å². The van der Waals surface area contributed by atoms with Gasteiger partial charge in [-0.15, -0.1) is 5.10 Å². The van der Waals surface area contributed by atoms with Crippen LogP contribution in [0, 0.1) is 28.6 Å². The van der Waals surface area contributed by atoms with E-state index in [4.69, 9.17) is 27.9 Å². The number of carbonyl (C=O) groups is 1. The summed E-state index contributed by atoms with van der Waals surface area (Å²) >= 11 is 13.1. The fraction of sp³-hybridized carbons (Fsp3) is 0.564. The number of halogens is 2. The van der Waals surface area contributed by atoms with Gasteiger partial charge in [0.05, 0.1) is 10.7 Å². The number of fused-ring (bicyclic) bond motifs is 1. The first-order valence-corrected chi connectivity index (χ1v) is 18.2. The van der Waals surface area contributed by atoms with Gasteiger partial charge >= 0.3 is 0 Å². The minimum absolute atomic E-state index is 0.0485. The lowest BCUT2D eigenvalue weighted by molar-refractivity contribution is -0.122. The molecule has 0 aliphatic heterocycles. The van der Waals surface area contributed by atoms with E-state index in [9.17, 15) is 4.79 Å². The zero-order valence-corrected chi connectivity index (χ0v) is 32.7. The van der Waals surface area contributed by atoms with E-state index < -0.39 is 0 Å². The van der Waals surface area contributed by atoms with Crippen LogP contribution in [0.5, 0.6) is 5.75 Å². The molecule has 0 fully saturated rings. The van der Waals surface area contributed by atoms with Crippen molar-refractivity contribution < 1.29 is 9.53 Å². The minimum Gasteiger partial charge on any atom is -0.472 e. The number of ether oxygens (including phenoxy) is 1. The highest BCUT2D eigenvalue weighted by atomic mass is 35.5.